The van der Waals surface area contributed by atoms with Crippen LogP contribution in [0.15, 0.2) is 34.8 Å². The number of benzene rings is 2. The molecule has 1 unspecified atom stereocenters. The number of methoxy groups -OCH3 is 2. The first-order valence-corrected chi connectivity index (χ1v) is 7.84. The van der Waals surface area contributed by atoms with Crippen LogP contribution in [0.25, 0.3) is 0 Å². The van der Waals surface area contributed by atoms with Crippen LogP contribution in [-0.2, 0) is 0 Å². The maximum absolute atomic E-state index is 6.72. The van der Waals surface area contributed by atoms with Crippen molar-refractivity contribution in [3.63, 3.8) is 0 Å². The molecule has 2 aromatic carbocycles. The molecular formula is C17H18BrClO2. The Morgan fingerprint density at radius 3 is 2.24 bits per heavy atom. The van der Waals surface area contributed by atoms with E-state index >= 15 is 0 Å². The molecular weight excluding hydrogens is 352 g/mol. The Kier molecular flexibility index (Phi) is 5.17. The van der Waals surface area contributed by atoms with Crippen molar-refractivity contribution in [1.82, 2.24) is 0 Å². The van der Waals surface area contributed by atoms with Gasteiger partial charge in [-0.3, -0.25) is 0 Å². The smallest absolute Gasteiger partial charge is 0.161 e. The van der Waals surface area contributed by atoms with Crippen molar-refractivity contribution < 1.29 is 9.47 Å². The summed E-state index contributed by atoms with van der Waals surface area (Å²) in [5, 5.41) is -0.234. The van der Waals surface area contributed by atoms with Crippen molar-refractivity contribution in [2.45, 2.75) is 19.2 Å². The molecule has 4 heteroatoms. The van der Waals surface area contributed by atoms with Gasteiger partial charge < -0.3 is 9.47 Å². The first kappa shape index (κ1) is 16.2. The lowest BCUT2D eigenvalue weighted by atomic mass is 9.96. The summed E-state index contributed by atoms with van der Waals surface area (Å²) in [6.45, 7) is 4.09. The maximum atomic E-state index is 6.72. The van der Waals surface area contributed by atoms with Gasteiger partial charge in [0.1, 0.15) is 0 Å². The van der Waals surface area contributed by atoms with Gasteiger partial charge in [0.2, 0.25) is 0 Å². The normalized spacial score (nSPS) is 12.1. The molecule has 0 amide bonds. The lowest BCUT2D eigenvalue weighted by Gasteiger charge is -2.19. The molecule has 2 nitrogen and oxygen atoms in total. The average molecular weight is 370 g/mol. The minimum Gasteiger partial charge on any atom is -0.493 e. The van der Waals surface area contributed by atoms with E-state index in [1.807, 2.05) is 37.3 Å². The number of hydrogen-bond acceptors (Lipinski definition) is 2. The van der Waals surface area contributed by atoms with Crippen molar-refractivity contribution in [3.8, 4) is 11.5 Å². The Hall–Kier alpha value is -1.19. The van der Waals surface area contributed by atoms with Crippen LogP contribution < -0.4 is 9.47 Å². The summed E-state index contributed by atoms with van der Waals surface area (Å²) < 4.78 is 11.8. The summed E-state index contributed by atoms with van der Waals surface area (Å²) in [6.07, 6.45) is 0. The second-order valence-corrected chi connectivity index (χ2v) is 6.17. The van der Waals surface area contributed by atoms with Gasteiger partial charge in [-0.2, -0.15) is 0 Å². The van der Waals surface area contributed by atoms with Crippen LogP contribution in [0.2, 0.25) is 0 Å². The average Bonchev–Trinajstić information content (AvgIpc) is 2.49. The molecule has 0 aromatic heterocycles. The van der Waals surface area contributed by atoms with Crippen LogP contribution >= 0.6 is 27.5 Å². The Morgan fingerprint density at radius 2 is 1.62 bits per heavy atom. The first-order valence-electron chi connectivity index (χ1n) is 6.61. The number of aryl methyl sites for hydroxylation is 1. The van der Waals surface area contributed by atoms with E-state index in [-0.39, 0.29) is 5.38 Å². The molecule has 0 spiro atoms. The molecule has 0 fully saturated rings. The van der Waals surface area contributed by atoms with E-state index in [0.29, 0.717) is 11.5 Å². The summed E-state index contributed by atoms with van der Waals surface area (Å²) in [7, 11) is 3.26. The van der Waals surface area contributed by atoms with E-state index in [1.54, 1.807) is 14.2 Å². The van der Waals surface area contributed by atoms with Crippen molar-refractivity contribution in [3.05, 3.63) is 57.1 Å². The van der Waals surface area contributed by atoms with E-state index in [2.05, 4.69) is 22.9 Å². The molecule has 0 saturated carbocycles. The molecule has 0 aliphatic carbocycles. The molecule has 0 aliphatic rings. The van der Waals surface area contributed by atoms with Crippen molar-refractivity contribution in [1.29, 1.82) is 0 Å². The van der Waals surface area contributed by atoms with Gasteiger partial charge in [0, 0.05) is 4.47 Å². The summed E-state index contributed by atoms with van der Waals surface area (Å²) in [5.74, 6) is 1.41. The van der Waals surface area contributed by atoms with Crippen LogP contribution in [0.1, 0.15) is 27.6 Å². The molecule has 0 heterocycles. The predicted octanol–water partition coefficient (Wildman–Crippen LogP) is 5.41. The monoisotopic (exact) mass is 368 g/mol. The van der Waals surface area contributed by atoms with Gasteiger partial charge in [0.05, 0.1) is 19.6 Å². The molecule has 112 valence electrons. The lowest BCUT2D eigenvalue weighted by Crippen LogP contribution is -2.01. The van der Waals surface area contributed by atoms with E-state index < -0.39 is 0 Å². The first-order chi connectivity index (χ1) is 9.99. The standard InChI is InChI=1S/C17H18BrClO2/c1-10-8-15(20-3)16(21-4)9-13(10)17(19)12-6-5-7-14(18)11(12)2/h5-9,17H,1-4H3. The second-order valence-electron chi connectivity index (χ2n) is 4.88. The van der Waals surface area contributed by atoms with Gasteiger partial charge in [-0.15, -0.1) is 11.6 Å². The van der Waals surface area contributed by atoms with E-state index in [9.17, 15) is 0 Å². The maximum Gasteiger partial charge on any atom is 0.161 e. The predicted molar refractivity (Wildman–Crippen MR) is 90.9 cm³/mol. The third-order valence-electron chi connectivity index (χ3n) is 3.63. The van der Waals surface area contributed by atoms with Gasteiger partial charge in [0.15, 0.2) is 11.5 Å². The number of hydrogen-bond donors (Lipinski definition) is 0. The molecule has 0 aliphatic heterocycles. The highest BCUT2D eigenvalue weighted by molar-refractivity contribution is 9.10. The zero-order valence-corrected chi connectivity index (χ0v) is 14.9. The van der Waals surface area contributed by atoms with Gasteiger partial charge in [0.25, 0.3) is 0 Å². The number of halogens is 2. The second kappa shape index (κ2) is 6.71. The molecule has 0 N–H and O–H groups in total. The van der Waals surface area contributed by atoms with Crippen molar-refractivity contribution in [2.24, 2.45) is 0 Å². The van der Waals surface area contributed by atoms with Crippen LogP contribution in [-0.4, -0.2) is 14.2 Å². The molecule has 1 atom stereocenters. The molecule has 0 radical (unpaired) electrons. The summed E-state index contributed by atoms with van der Waals surface area (Å²) in [4.78, 5) is 0. The Bertz CT molecular complexity index is 655. The SMILES string of the molecule is COc1cc(C)c(C(Cl)c2cccc(Br)c2C)cc1OC. The highest BCUT2D eigenvalue weighted by Gasteiger charge is 2.19. The minimum absolute atomic E-state index is 0.234. The fourth-order valence-corrected chi connectivity index (χ4v) is 3.19. The summed E-state index contributed by atoms with van der Waals surface area (Å²) in [6, 6.07) is 9.97. The van der Waals surface area contributed by atoms with E-state index in [4.69, 9.17) is 21.1 Å². The van der Waals surface area contributed by atoms with Crippen LogP contribution in [0.3, 0.4) is 0 Å². The third-order valence-corrected chi connectivity index (χ3v) is 4.96. The highest BCUT2D eigenvalue weighted by atomic mass is 79.9. The molecule has 21 heavy (non-hydrogen) atoms. The quantitative estimate of drug-likeness (QED) is 0.671. The van der Waals surface area contributed by atoms with Crippen molar-refractivity contribution >= 4 is 27.5 Å². The highest BCUT2D eigenvalue weighted by Crippen LogP contribution is 2.39. The molecule has 2 rings (SSSR count). The van der Waals surface area contributed by atoms with Crippen LogP contribution in [0.5, 0.6) is 11.5 Å². The fraction of sp³-hybridized carbons (Fsp3) is 0.294. The minimum atomic E-state index is -0.234. The van der Waals surface area contributed by atoms with Gasteiger partial charge >= 0.3 is 0 Å². The largest absolute Gasteiger partial charge is 0.493 e. The van der Waals surface area contributed by atoms with Crippen molar-refractivity contribution in [2.75, 3.05) is 14.2 Å². The van der Waals surface area contributed by atoms with Crippen LogP contribution in [0.4, 0.5) is 0 Å². The summed E-state index contributed by atoms with van der Waals surface area (Å²) in [5.41, 5.74) is 4.33. The Labute approximate surface area is 139 Å². The Morgan fingerprint density at radius 1 is 1.00 bits per heavy atom. The van der Waals surface area contributed by atoms with Gasteiger partial charge in [-0.25, -0.2) is 0 Å². The van der Waals surface area contributed by atoms with Crippen LogP contribution in [0, 0.1) is 13.8 Å². The number of ether oxygens (including phenoxy) is 2. The van der Waals surface area contributed by atoms with Gasteiger partial charge in [-0.1, -0.05) is 28.1 Å². The third kappa shape index (κ3) is 3.19. The van der Waals surface area contributed by atoms with Gasteiger partial charge in [-0.05, 0) is 54.3 Å². The van der Waals surface area contributed by atoms with E-state index in [1.165, 1.54) is 0 Å². The summed E-state index contributed by atoms with van der Waals surface area (Å²) >= 11 is 10.3. The molecule has 2 aromatic rings. The number of rotatable bonds is 4. The van der Waals surface area contributed by atoms with E-state index in [0.717, 1.165) is 26.7 Å². The molecule has 0 bridgehead atoms. The lowest BCUT2D eigenvalue weighted by molar-refractivity contribution is 0.354. The fourth-order valence-electron chi connectivity index (χ4n) is 2.34. The molecule has 0 saturated heterocycles. The Balaban J connectivity index is 2.53. The number of alkyl halides is 1. The zero-order valence-electron chi connectivity index (χ0n) is 12.5. The topological polar surface area (TPSA) is 18.5 Å². The zero-order chi connectivity index (χ0) is 15.6.